The standard InChI is InChI=1S/C17H23N3O3/c1-11(2)15(16(18)21)19-17(22)14-10-12-6-4-5-7-13(12)20(14)8-9-23-3/h4-7,10-11,15H,8-9H2,1-3H3,(H2,18,21)(H,19,22)/t15-/m0/s1. The Balaban J connectivity index is 2.37. The summed E-state index contributed by atoms with van der Waals surface area (Å²) >= 11 is 0. The van der Waals surface area contributed by atoms with Crippen LogP contribution >= 0.6 is 0 Å². The predicted molar refractivity (Wildman–Crippen MR) is 89.1 cm³/mol. The smallest absolute Gasteiger partial charge is 0.268 e. The highest BCUT2D eigenvalue weighted by atomic mass is 16.5. The number of primary amides is 1. The van der Waals surface area contributed by atoms with Gasteiger partial charge in [-0.25, -0.2) is 0 Å². The van der Waals surface area contributed by atoms with Crippen molar-refractivity contribution in [1.29, 1.82) is 0 Å². The summed E-state index contributed by atoms with van der Waals surface area (Å²) in [6, 6.07) is 8.87. The van der Waals surface area contributed by atoms with Crippen LogP contribution in [0.4, 0.5) is 0 Å². The lowest BCUT2D eigenvalue weighted by Gasteiger charge is -2.19. The highest BCUT2D eigenvalue weighted by Gasteiger charge is 2.24. The van der Waals surface area contributed by atoms with Crippen molar-refractivity contribution in [1.82, 2.24) is 9.88 Å². The van der Waals surface area contributed by atoms with Crippen LogP contribution in [0.1, 0.15) is 24.3 Å². The fourth-order valence-electron chi connectivity index (χ4n) is 2.60. The summed E-state index contributed by atoms with van der Waals surface area (Å²) in [5, 5.41) is 3.70. The van der Waals surface area contributed by atoms with Gasteiger partial charge in [0.05, 0.1) is 6.61 Å². The number of aromatic nitrogens is 1. The van der Waals surface area contributed by atoms with Gasteiger partial charge in [-0.2, -0.15) is 0 Å². The maximum atomic E-state index is 12.6. The van der Waals surface area contributed by atoms with Crippen molar-refractivity contribution in [2.75, 3.05) is 13.7 Å². The number of para-hydroxylation sites is 1. The first kappa shape index (κ1) is 17.0. The van der Waals surface area contributed by atoms with Crippen LogP contribution in [-0.2, 0) is 16.1 Å². The van der Waals surface area contributed by atoms with Crippen molar-refractivity contribution in [3.63, 3.8) is 0 Å². The maximum absolute atomic E-state index is 12.6. The molecule has 0 saturated heterocycles. The van der Waals surface area contributed by atoms with Crippen LogP contribution in [0, 0.1) is 5.92 Å². The minimum atomic E-state index is -0.698. The minimum absolute atomic E-state index is 0.0757. The van der Waals surface area contributed by atoms with Crippen molar-refractivity contribution in [3.8, 4) is 0 Å². The zero-order valence-electron chi connectivity index (χ0n) is 13.7. The second kappa shape index (κ2) is 7.28. The molecule has 1 aromatic carbocycles. The molecule has 0 fully saturated rings. The van der Waals surface area contributed by atoms with Gasteiger partial charge in [-0.1, -0.05) is 32.0 Å². The molecule has 2 aromatic rings. The predicted octanol–water partition coefficient (Wildman–Crippen LogP) is 1.53. The van der Waals surface area contributed by atoms with E-state index in [-0.39, 0.29) is 11.8 Å². The van der Waals surface area contributed by atoms with E-state index < -0.39 is 11.9 Å². The lowest BCUT2D eigenvalue weighted by molar-refractivity contribution is -0.120. The highest BCUT2D eigenvalue weighted by molar-refractivity contribution is 6.00. The summed E-state index contributed by atoms with van der Waals surface area (Å²) in [7, 11) is 1.62. The lowest BCUT2D eigenvalue weighted by Crippen LogP contribution is -2.48. The van der Waals surface area contributed by atoms with Crippen LogP contribution in [0.25, 0.3) is 10.9 Å². The highest BCUT2D eigenvalue weighted by Crippen LogP contribution is 2.20. The summed E-state index contributed by atoms with van der Waals surface area (Å²) in [5.41, 5.74) is 6.83. The van der Waals surface area contributed by atoms with Crippen molar-refractivity contribution in [2.45, 2.75) is 26.4 Å². The molecule has 1 heterocycles. The average Bonchev–Trinajstić information content (AvgIpc) is 2.88. The van der Waals surface area contributed by atoms with Gasteiger partial charge in [0.25, 0.3) is 5.91 Å². The van der Waals surface area contributed by atoms with Crippen LogP contribution in [0.5, 0.6) is 0 Å². The number of nitrogens with one attached hydrogen (secondary N) is 1. The third kappa shape index (κ3) is 3.71. The number of carbonyl (C=O) groups excluding carboxylic acids is 2. The van der Waals surface area contributed by atoms with E-state index in [1.165, 1.54) is 0 Å². The van der Waals surface area contributed by atoms with E-state index in [4.69, 9.17) is 10.5 Å². The molecule has 1 atom stereocenters. The van der Waals surface area contributed by atoms with Crippen LogP contribution in [0.3, 0.4) is 0 Å². The second-order valence-corrected chi connectivity index (χ2v) is 5.83. The molecule has 3 N–H and O–H groups in total. The molecule has 6 nitrogen and oxygen atoms in total. The maximum Gasteiger partial charge on any atom is 0.268 e. The monoisotopic (exact) mass is 317 g/mol. The Morgan fingerprint density at radius 1 is 1.30 bits per heavy atom. The van der Waals surface area contributed by atoms with Crippen molar-refractivity contribution < 1.29 is 14.3 Å². The molecule has 23 heavy (non-hydrogen) atoms. The number of nitrogens with two attached hydrogens (primary N) is 1. The van der Waals surface area contributed by atoms with Crippen molar-refractivity contribution in [3.05, 3.63) is 36.0 Å². The number of carbonyl (C=O) groups is 2. The Hall–Kier alpha value is -2.34. The minimum Gasteiger partial charge on any atom is -0.383 e. The van der Waals surface area contributed by atoms with Crippen molar-refractivity contribution in [2.24, 2.45) is 11.7 Å². The molecular formula is C17H23N3O3. The first-order valence-corrected chi connectivity index (χ1v) is 7.63. The fraction of sp³-hybridized carbons (Fsp3) is 0.412. The molecule has 0 saturated carbocycles. The molecule has 0 spiro atoms. The normalized spacial score (nSPS) is 12.5. The van der Waals surface area contributed by atoms with E-state index in [2.05, 4.69) is 5.32 Å². The fourth-order valence-corrected chi connectivity index (χ4v) is 2.60. The Morgan fingerprint density at radius 2 is 2.00 bits per heavy atom. The molecule has 0 unspecified atom stereocenters. The van der Waals surface area contributed by atoms with E-state index in [0.717, 1.165) is 10.9 Å². The van der Waals surface area contributed by atoms with E-state index in [0.29, 0.717) is 18.8 Å². The molecule has 0 bridgehead atoms. The topological polar surface area (TPSA) is 86.3 Å². The Kier molecular flexibility index (Phi) is 5.39. The third-order valence-electron chi connectivity index (χ3n) is 3.82. The van der Waals surface area contributed by atoms with Crippen LogP contribution in [0.15, 0.2) is 30.3 Å². The molecule has 6 heteroatoms. The molecular weight excluding hydrogens is 294 g/mol. The number of methoxy groups -OCH3 is 1. The van der Waals surface area contributed by atoms with Gasteiger partial charge in [0, 0.05) is 24.6 Å². The first-order valence-electron chi connectivity index (χ1n) is 7.63. The number of benzene rings is 1. The Labute approximate surface area is 135 Å². The zero-order chi connectivity index (χ0) is 17.0. The molecule has 124 valence electrons. The van der Waals surface area contributed by atoms with Gasteiger partial charge in [-0.15, -0.1) is 0 Å². The van der Waals surface area contributed by atoms with E-state index >= 15 is 0 Å². The summed E-state index contributed by atoms with van der Waals surface area (Å²) < 4.78 is 7.03. The van der Waals surface area contributed by atoms with E-state index in [1.807, 2.05) is 48.7 Å². The van der Waals surface area contributed by atoms with Gasteiger partial charge in [-0.3, -0.25) is 9.59 Å². The Morgan fingerprint density at radius 3 is 2.61 bits per heavy atom. The van der Waals surface area contributed by atoms with Gasteiger partial charge in [0.15, 0.2) is 0 Å². The number of nitrogens with zero attached hydrogens (tertiary/aromatic N) is 1. The third-order valence-corrected chi connectivity index (χ3v) is 3.82. The van der Waals surface area contributed by atoms with Gasteiger partial charge in [-0.05, 0) is 18.1 Å². The first-order chi connectivity index (χ1) is 11.0. The van der Waals surface area contributed by atoms with Gasteiger partial charge >= 0.3 is 0 Å². The largest absolute Gasteiger partial charge is 0.383 e. The van der Waals surface area contributed by atoms with Crippen molar-refractivity contribution >= 4 is 22.7 Å². The molecule has 0 aliphatic rings. The van der Waals surface area contributed by atoms with Crippen LogP contribution in [-0.4, -0.2) is 36.1 Å². The molecule has 0 aliphatic heterocycles. The molecule has 2 rings (SSSR count). The Bertz CT molecular complexity index is 706. The van der Waals surface area contributed by atoms with Gasteiger partial charge in [0.1, 0.15) is 11.7 Å². The molecule has 1 aromatic heterocycles. The molecule has 0 radical (unpaired) electrons. The lowest BCUT2D eigenvalue weighted by atomic mass is 10.0. The number of ether oxygens (including phenoxy) is 1. The zero-order valence-corrected chi connectivity index (χ0v) is 13.7. The molecule has 2 amide bonds. The summed E-state index contributed by atoms with van der Waals surface area (Å²) in [6.07, 6.45) is 0. The van der Waals surface area contributed by atoms with E-state index in [1.54, 1.807) is 7.11 Å². The quantitative estimate of drug-likeness (QED) is 0.812. The average molecular weight is 317 g/mol. The number of rotatable bonds is 7. The number of fused-ring (bicyclic) bond motifs is 1. The summed E-state index contributed by atoms with van der Waals surface area (Å²) in [4.78, 5) is 24.2. The summed E-state index contributed by atoms with van der Waals surface area (Å²) in [5.74, 6) is -0.920. The van der Waals surface area contributed by atoms with Gasteiger partial charge in [0.2, 0.25) is 5.91 Å². The van der Waals surface area contributed by atoms with Gasteiger partial charge < -0.3 is 20.4 Å². The SMILES string of the molecule is COCCn1c(C(=O)N[C@H](C(N)=O)C(C)C)cc2ccccc21. The van der Waals surface area contributed by atoms with E-state index in [9.17, 15) is 9.59 Å². The van der Waals surface area contributed by atoms with Crippen LogP contribution in [0.2, 0.25) is 0 Å². The number of hydrogen-bond acceptors (Lipinski definition) is 3. The molecule has 0 aliphatic carbocycles. The second-order valence-electron chi connectivity index (χ2n) is 5.83. The summed E-state index contributed by atoms with van der Waals surface area (Å²) in [6.45, 7) is 4.73. The number of amides is 2. The van der Waals surface area contributed by atoms with Crippen LogP contribution < -0.4 is 11.1 Å². The number of hydrogen-bond donors (Lipinski definition) is 2.